The molecule has 0 aliphatic heterocycles. The van der Waals surface area contributed by atoms with E-state index in [-0.39, 0.29) is 30.4 Å². The number of carbonyl (C=O) groups excluding carboxylic acids is 3. The lowest BCUT2D eigenvalue weighted by Gasteiger charge is -2.56. The van der Waals surface area contributed by atoms with Crippen molar-refractivity contribution in [2.45, 2.75) is 38.5 Å². The third kappa shape index (κ3) is 4.34. The number of hydrogen-bond donors (Lipinski definition) is 2. The fourth-order valence-corrected chi connectivity index (χ4v) is 6.33. The van der Waals surface area contributed by atoms with E-state index in [1.54, 1.807) is 17.5 Å². The van der Waals surface area contributed by atoms with E-state index in [0.717, 1.165) is 17.8 Å². The number of hydrogen-bond acceptors (Lipinski definition) is 5. The van der Waals surface area contributed by atoms with Crippen molar-refractivity contribution in [1.82, 2.24) is 10.6 Å². The van der Waals surface area contributed by atoms with Crippen LogP contribution in [0.5, 0.6) is 0 Å². The predicted octanol–water partition coefficient (Wildman–Crippen LogP) is 2.35. The highest BCUT2D eigenvalue weighted by Crippen LogP contribution is 2.59. The van der Waals surface area contributed by atoms with Gasteiger partial charge in [-0.15, -0.1) is 11.3 Å². The molecular formula is C20H26N2O4S. The average molecular weight is 391 g/mol. The van der Waals surface area contributed by atoms with E-state index < -0.39 is 5.97 Å². The molecule has 27 heavy (non-hydrogen) atoms. The monoisotopic (exact) mass is 390 g/mol. The van der Waals surface area contributed by atoms with Crippen molar-refractivity contribution in [2.24, 2.45) is 23.2 Å². The summed E-state index contributed by atoms with van der Waals surface area (Å²) in [7, 11) is 0. The zero-order valence-corrected chi connectivity index (χ0v) is 16.2. The van der Waals surface area contributed by atoms with E-state index in [1.807, 2.05) is 0 Å². The van der Waals surface area contributed by atoms with Crippen LogP contribution in [-0.2, 0) is 14.3 Å². The molecule has 0 unspecified atom stereocenters. The van der Waals surface area contributed by atoms with E-state index >= 15 is 0 Å². The Morgan fingerprint density at radius 3 is 2.33 bits per heavy atom. The molecule has 6 nitrogen and oxygen atoms in total. The predicted molar refractivity (Wildman–Crippen MR) is 101 cm³/mol. The van der Waals surface area contributed by atoms with Gasteiger partial charge < -0.3 is 15.4 Å². The van der Waals surface area contributed by atoms with Gasteiger partial charge in [0.1, 0.15) is 6.54 Å². The van der Waals surface area contributed by atoms with Gasteiger partial charge in [-0.05, 0) is 73.1 Å². The van der Waals surface area contributed by atoms with Crippen molar-refractivity contribution in [3.05, 3.63) is 22.4 Å². The minimum atomic E-state index is -0.607. The Bertz CT molecular complexity index is 680. The van der Waals surface area contributed by atoms with Crippen LogP contribution in [0.4, 0.5) is 0 Å². The normalized spacial score (nSPS) is 30.7. The first-order chi connectivity index (χ1) is 13.0. The van der Waals surface area contributed by atoms with Gasteiger partial charge in [0.15, 0.2) is 6.61 Å². The summed E-state index contributed by atoms with van der Waals surface area (Å²) in [6, 6.07) is 3.45. The Balaban J connectivity index is 1.16. The highest BCUT2D eigenvalue weighted by molar-refractivity contribution is 7.12. The van der Waals surface area contributed by atoms with E-state index in [2.05, 4.69) is 10.6 Å². The second-order valence-corrected chi connectivity index (χ2v) is 9.46. The van der Waals surface area contributed by atoms with Gasteiger partial charge in [0.25, 0.3) is 11.8 Å². The number of ether oxygens (including phenoxy) is 1. The van der Waals surface area contributed by atoms with Crippen LogP contribution in [0, 0.1) is 23.2 Å². The fraction of sp³-hybridized carbons (Fsp3) is 0.650. The highest BCUT2D eigenvalue weighted by atomic mass is 32.1. The summed E-state index contributed by atoms with van der Waals surface area (Å²) in [5, 5.41) is 7.27. The van der Waals surface area contributed by atoms with Crippen molar-refractivity contribution in [3.63, 3.8) is 0 Å². The zero-order valence-electron chi connectivity index (χ0n) is 15.4. The van der Waals surface area contributed by atoms with Crippen LogP contribution in [-0.4, -0.2) is 37.5 Å². The van der Waals surface area contributed by atoms with Crippen molar-refractivity contribution in [2.75, 3.05) is 19.7 Å². The third-order valence-electron chi connectivity index (χ3n) is 6.33. The van der Waals surface area contributed by atoms with Crippen molar-refractivity contribution in [3.8, 4) is 0 Å². The van der Waals surface area contributed by atoms with Crippen LogP contribution in [0.3, 0.4) is 0 Å². The summed E-state index contributed by atoms with van der Waals surface area (Å²) in [5.41, 5.74) is 0.267. The number of carbonyl (C=O) groups is 3. The summed E-state index contributed by atoms with van der Waals surface area (Å²) < 4.78 is 4.98. The Hall–Kier alpha value is -1.89. The molecule has 4 saturated carbocycles. The lowest BCUT2D eigenvalue weighted by Crippen LogP contribution is -2.51. The summed E-state index contributed by atoms with van der Waals surface area (Å²) in [4.78, 5) is 36.1. The molecule has 1 aromatic rings. The van der Waals surface area contributed by atoms with Crippen molar-refractivity contribution < 1.29 is 19.1 Å². The number of nitrogens with one attached hydrogen (secondary N) is 2. The SMILES string of the molecule is O=C(COC(=O)CNC(=O)c1cccs1)NCC12CC3CC(CC(C3)C1)C2. The van der Waals surface area contributed by atoms with Crippen LogP contribution < -0.4 is 10.6 Å². The zero-order chi connectivity index (χ0) is 18.9. The maximum absolute atomic E-state index is 12.1. The second-order valence-electron chi connectivity index (χ2n) is 8.51. The van der Waals surface area contributed by atoms with Gasteiger partial charge in [-0.1, -0.05) is 6.07 Å². The van der Waals surface area contributed by atoms with Gasteiger partial charge in [-0.3, -0.25) is 14.4 Å². The molecule has 0 atom stereocenters. The molecule has 0 radical (unpaired) electrons. The number of rotatable bonds is 7. The first-order valence-corrected chi connectivity index (χ1v) is 10.6. The first-order valence-electron chi connectivity index (χ1n) is 9.75. The lowest BCUT2D eigenvalue weighted by molar-refractivity contribution is -0.147. The molecule has 4 aliphatic rings. The average Bonchev–Trinajstić information content (AvgIpc) is 3.16. The molecule has 0 spiro atoms. The smallest absolute Gasteiger partial charge is 0.325 e. The summed E-state index contributed by atoms with van der Waals surface area (Å²) in [6.45, 7) is 0.168. The van der Waals surface area contributed by atoms with E-state index in [0.29, 0.717) is 11.4 Å². The van der Waals surface area contributed by atoms with E-state index in [9.17, 15) is 14.4 Å². The molecule has 0 saturated heterocycles. The summed E-state index contributed by atoms with van der Waals surface area (Å²) in [5.74, 6) is 1.36. The maximum atomic E-state index is 12.1. The first kappa shape index (κ1) is 18.5. The molecule has 4 fully saturated rings. The minimum absolute atomic E-state index is 0.237. The van der Waals surface area contributed by atoms with Crippen LogP contribution in [0.2, 0.25) is 0 Å². The van der Waals surface area contributed by atoms with Crippen LogP contribution in [0.15, 0.2) is 17.5 Å². The molecule has 7 heteroatoms. The summed E-state index contributed by atoms with van der Waals surface area (Å²) in [6.07, 6.45) is 7.82. The van der Waals surface area contributed by atoms with E-state index in [4.69, 9.17) is 4.74 Å². The standard InChI is InChI=1S/C20H26N2O4S/c23-17(11-26-18(24)10-21-19(25)16-2-1-3-27-16)22-12-20-7-13-4-14(8-20)6-15(5-13)9-20/h1-3,13-15H,4-12H2,(H,21,25)(H,22,23). The van der Waals surface area contributed by atoms with Gasteiger partial charge in [0, 0.05) is 6.54 Å². The Kier molecular flexibility index (Phi) is 5.21. The maximum Gasteiger partial charge on any atom is 0.325 e. The minimum Gasteiger partial charge on any atom is -0.454 e. The molecule has 1 aromatic heterocycles. The Morgan fingerprint density at radius 1 is 1.07 bits per heavy atom. The molecular weight excluding hydrogens is 364 g/mol. The van der Waals surface area contributed by atoms with Gasteiger partial charge >= 0.3 is 5.97 Å². The summed E-state index contributed by atoms with van der Waals surface area (Å²) >= 11 is 1.30. The quantitative estimate of drug-likeness (QED) is 0.700. The Morgan fingerprint density at radius 2 is 1.74 bits per heavy atom. The van der Waals surface area contributed by atoms with E-state index in [1.165, 1.54) is 49.9 Å². The molecule has 146 valence electrons. The van der Waals surface area contributed by atoms with Gasteiger partial charge in [-0.2, -0.15) is 0 Å². The molecule has 4 aliphatic carbocycles. The molecule has 2 N–H and O–H groups in total. The Labute approximate surface area is 163 Å². The highest BCUT2D eigenvalue weighted by Gasteiger charge is 2.50. The van der Waals surface area contributed by atoms with Gasteiger partial charge in [0.2, 0.25) is 0 Å². The largest absolute Gasteiger partial charge is 0.454 e. The van der Waals surface area contributed by atoms with Crippen LogP contribution in [0.1, 0.15) is 48.2 Å². The molecule has 1 heterocycles. The molecule has 2 amide bonds. The fourth-order valence-electron chi connectivity index (χ4n) is 5.69. The number of esters is 1. The van der Waals surface area contributed by atoms with Crippen LogP contribution >= 0.6 is 11.3 Å². The van der Waals surface area contributed by atoms with Crippen LogP contribution in [0.25, 0.3) is 0 Å². The third-order valence-corrected chi connectivity index (χ3v) is 7.20. The number of amides is 2. The van der Waals surface area contributed by atoms with Crippen molar-refractivity contribution in [1.29, 1.82) is 0 Å². The molecule has 5 rings (SSSR count). The molecule has 0 aromatic carbocycles. The number of thiophene rings is 1. The van der Waals surface area contributed by atoms with Gasteiger partial charge in [-0.25, -0.2) is 0 Å². The topological polar surface area (TPSA) is 84.5 Å². The molecule has 4 bridgehead atoms. The van der Waals surface area contributed by atoms with Crippen molar-refractivity contribution >= 4 is 29.1 Å². The van der Waals surface area contributed by atoms with Gasteiger partial charge in [0.05, 0.1) is 4.88 Å². The second kappa shape index (κ2) is 7.62. The lowest BCUT2D eigenvalue weighted by atomic mass is 9.49.